The Balaban J connectivity index is 1.40. The van der Waals surface area contributed by atoms with E-state index in [1.807, 2.05) is 12.3 Å². The minimum atomic E-state index is -0.960. The number of benzene rings is 1. The van der Waals surface area contributed by atoms with E-state index in [1.54, 1.807) is 24.3 Å². The van der Waals surface area contributed by atoms with Crippen LogP contribution in [0.2, 0.25) is 0 Å². The molecule has 1 fully saturated rings. The molecule has 6 heteroatoms. The molecule has 138 valence electrons. The Morgan fingerprint density at radius 2 is 2.23 bits per heavy atom. The topological polar surface area (TPSA) is 74.7 Å². The lowest BCUT2D eigenvalue weighted by Crippen LogP contribution is -2.27. The predicted molar refractivity (Wildman–Crippen MR) is 101 cm³/mol. The zero-order valence-electron chi connectivity index (χ0n) is 15.0. The first-order valence-electron chi connectivity index (χ1n) is 8.96. The fraction of sp³-hybridized carbons (Fsp3) is 0.400. The Hall–Kier alpha value is -2.60. The van der Waals surface area contributed by atoms with E-state index in [1.165, 1.54) is 5.56 Å². The van der Waals surface area contributed by atoms with Crippen LogP contribution >= 0.6 is 0 Å². The molecule has 0 bridgehead atoms. The summed E-state index contributed by atoms with van der Waals surface area (Å²) in [5.74, 6) is 0.987. The average molecular weight is 355 g/mol. The molecule has 1 aliphatic rings. The van der Waals surface area contributed by atoms with Crippen molar-refractivity contribution in [3.8, 4) is 5.75 Å². The van der Waals surface area contributed by atoms with Gasteiger partial charge in [0.25, 0.3) is 0 Å². The van der Waals surface area contributed by atoms with Crippen LogP contribution in [0.1, 0.15) is 22.3 Å². The molecule has 1 aliphatic heterocycles. The molecule has 6 nitrogen and oxygen atoms in total. The van der Waals surface area contributed by atoms with E-state index in [9.17, 15) is 9.90 Å². The maximum absolute atomic E-state index is 11.2. The molecular formula is C20H25N3O3. The van der Waals surface area contributed by atoms with Gasteiger partial charge in [0.1, 0.15) is 23.7 Å². The molecule has 0 aliphatic carbocycles. The van der Waals surface area contributed by atoms with Crippen LogP contribution in [0.4, 0.5) is 5.82 Å². The van der Waals surface area contributed by atoms with Crippen LogP contribution in [0.15, 0.2) is 42.6 Å². The fourth-order valence-electron chi connectivity index (χ4n) is 3.22. The maximum Gasteiger partial charge on any atom is 0.339 e. The average Bonchev–Trinajstić information content (AvgIpc) is 3.08. The molecule has 3 rings (SSSR count). The summed E-state index contributed by atoms with van der Waals surface area (Å²) in [4.78, 5) is 17.9. The van der Waals surface area contributed by atoms with Gasteiger partial charge in [-0.3, -0.25) is 4.90 Å². The first-order valence-corrected chi connectivity index (χ1v) is 8.96. The van der Waals surface area contributed by atoms with Crippen molar-refractivity contribution >= 4 is 11.8 Å². The van der Waals surface area contributed by atoms with Gasteiger partial charge in [0.2, 0.25) is 0 Å². The Kier molecular flexibility index (Phi) is 6.07. The molecule has 2 aromatic rings. The number of carbonyl (C=O) groups is 1. The molecule has 0 radical (unpaired) electrons. The van der Waals surface area contributed by atoms with Gasteiger partial charge >= 0.3 is 5.97 Å². The number of nitrogens with zero attached hydrogens (tertiary/aromatic N) is 2. The lowest BCUT2D eigenvalue weighted by Gasteiger charge is -2.17. The molecule has 0 spiro atoms. The van der Waals surface area contributed by atoms with Gasteiger partial charge in [0, 0.05) is 25.8 Å². The largest absolute Gasteiger partial charge is 0.491 e. The molecule has 1 unspecified atom stereocenters. The highest BCUT2D eigenvalue weighted by Gasteiger charge is 2.22. The third kappa shape index (κ3) is 4.95. The van der Waals surface area contributed by atoms with Crippen molar-refractivity contribution in [2.75, 3.05) is 38.1 Å². The van der Waals surface area contributed by atoms with Gasteiger partial charge in [0.15, 0.2) is 0 Å². The number of likely N-dealkylation sites (tertiary alicyclic amines) is 1. The Labute approximate surface area is 153 Å². The quantitative estimate of drug-likeness (QED) is 0.758. The summed E-state index contributed by atoms with van der Waals surface area (Å²) in [5.41, 5.74) is 1.41. The van der Waals surface area contributed by atoms with Crippen molar-refractivity contribution < 1.29 is 14.6 Å². The standard InChI is InChI=1S/C20H25N3O3/c1-15-6-8-21-19(12-15)22-13-16-7-9-23(14-16)10-11-26-18-5-3-2-4-17(18)20(24)25/h2-6,8,12,16H,7,9-11,13-14H2,1H3,(H,21,22)(H,24,25). The van der Waals surface area contributed by atoms with Gasteiger partial charge < -0.3 is 15.2 Å². The zero-order valence-corrected chi connectivity index (χ0v) is 15.0. The van der Waals surface area contributed by atoms with Gasteiger partial charge in [-0.2, -0.15) is 0 Å². The van der Waals surface area contributed by atoms with E-state index in [4.69, 9.17) is 4.74 Å². The highest BCUT2D eigenvalue weighted by molar-refractivity contribution is 5.90. The first-order chi connectivity index (χ1) is 12.6. The van der Waals surface area contributed by atoms with E-state index < -0.39 is 5.97 Å². The van der Waals surface area contributed by atoms with E-state index in [0.29, 0.717) is 18.3 Å². The molecule has 0 saturated carbocycles. The molecule has 2 heterocycles. The second-order valence-corrected chi connectivity index (χ2v) is 6.70. The highest BCUT2D eigenvalue weighted by Crippen LogP contribution is 2.19. The minimum absolute atomic E-state index is 0.210. The number of carboxylic acid groups (broad SMARTS) is 1. The fourth-order valence-corrected chi connectivity index (χ4v) is 3.22. The van der Waals surface area contributed by atoms with Gasteiger partial charge in [-0.25, -0.2) is 9.78 Å². The van der Waals surface area contributed by atoms with Crippen LogP contribution in [0.25, 0.3) is 0 Å². The SMILES string of the molecule is Cc1ccnc(NCC2CCN(CCOc3ccccc3C(=O)O)C2)c1. The van der Waals surface area contributed by atoms with Gasteiger partial charge in [-0.15, -0.1) is 0 Å². The number of pyridine rings is 1. The van der Waals surface area contributed by atoms with Crippen LogP contribution < -0.4 is 10.1 Å². The summed E-state index contributed by atoms with van der Waals surface area (Å²) in [5, 5.41) is 12.6. The second kappa shape index (κ2) is 8.67. The summed E-state index contributed by atoms with van der Waals surface area (Å²) < 4.78 is 5.69. The van der Waals surface area contributed by atoms with Gasteiger partial charge in [0.05, 0.1) is 0 Å². The van der Waals surface area contributed by atoms with Crippen molar-refractivity contribution in [1.82, 2.24) is 9.88 Å². The Bertz CT molecular complexity index is 751. The lowest BCUT2D eigenvalue weighted by molar-refractivity contribution is 0.0691. The van der Waals surface area contributed by atoms with Crippen LogP contribution in [0.3, 0.4) is 0 Å². The number of carboxylic acids is 1. The van der Waals surface area contributed by atoms with Crippen molar-refractivity contribution in [1.29, 1.82) is 0 Å². The van der Waals surface area contributed by atoms with Crippen LogP contribution in [-0.2, 0) is 0 Å². The maximum atomic E-state index is 11.2. The molecular weight excluding hydrogens is 330 g/mol. The molecule has 1 aromatic heterocycles. The molecule has 1 atom stereocenters. The minimum Gasteiger partial charge on any atom is -0.491 e. The van der Waals surface area contributed by atoms with Crippen molar-refractivity contribution in [3.63, 3.8) is 0 Å². The third-order valence-corrected chi connectivity index (χ3v) is 4.64. The number of aromatic nitrogens is 1. The monoisotopic (exact) mass is 355 g/mol. The smallest absolute Gasteiger partial charge is 0.339 e. The number of ether oxygens (including phenoxy) is 1. The summed E-state index contributed by atoms with van der Waals surface area (Å²) in [6.45, 7) is 6.32. The highest BCUT2D eigenvalue weighted by atomic mass is 16.5. The third-order valence-electron chi connectivity index (χ3n) is 4.64. The number of anilines is 1. The molecule has 26 heavy (non-hydrogen) atoms. The number of rotatable bonds is 8. The number of hydrogen-bond donors (Lipinski definition) is 2. The summed E-state index contributed by atoms with van der Waals surface area (Å²) >= 11 is 0. The number of aryl methyl sites for hydroxylation is 1. The normalized spacial score (nSPS) is 17.2. The number of aromatic carboxylic acids is 1. The van der Waals surface area contributed by atoms with Gasteiger partial charge in [-0.1, -0.05) is 12.1 Å². The molecule has 0 amide bonds. The van der Waals surface area contributed by atoms with Crippen LogP contribution in [0, 0.1) is 12.8 Å². The predicted octanol–water partition coefficient (Wildman–Crippen LogP) is 2.90. The van der Waals surface area contributed by atoms with Crippen LogP contribution in [0.5, 0.6) is 5.75 Å². The zero-order chi connectivity index (χ0) is 18.4. The van der Waals surface area contributed by atoms with Crippen molar-refractivity contribution in [2.24, 2.45) is 5.92 Å². The summed E-state index contributed by atoms with van der Waals surface area (Å²) in [6.07, 6.45) is 2.97. The summed E-state index contributed by atoms with van der Waals surface area (Å²) in [6, 6.07) is 10.8. The molecule has 2 N–H and O–H groups in total. The van der Waals surface area contributed by atoms with E-state index in [0.717, 1.165) is 38.4 Å². The lowest BCUT2D eigenvalue weighted by atomic mass is 10.1. The Morgan fingerprint density at radius 1 is 1.38 bits per heavy atom. The first kappa shape index (κ1) is 18.2. The second-order valence-electron chi connectivity index (χ2n) is 6.70. The molecule has 1 saturated heterocycles. The number of nitrogens with one attached hydrogen (secondary N) is 1. The number of para-hydroxylation sites is 1. The molecule has 1 aromatic carbocycles. The van der Waals surface area contributed by atoms with Gasteiger partial charge in [-0.05, 0) is 55.6 Å². The number of hydrogen-bond acceptors (Lipinski definition) is 5. The Morgan fingerprint density at radius 3 is 3.04 bits per heavy atom. The van der Waals surface area contributed by atoms with E-state index >= 15 is 0 Å². The summed E-state index contributed by atoms with van der Waals surface area (Å²) in [7, 11) is 0. The van der Waals surface area contributed by atoms with Crippen molar-refractivity contribution in [3.05, 3.63) is 53.7 Å². The van der Waals surface area contributed by atoms with Crippen LogP contribution in [-0.4, -0.2) is 53.7 Å². The van der Waals surface area contributed by atoms with Crippen molar-refractivity contribution in [2.45, 2.75) is 13.3 Å². The van der Waals surface area contributed by atoms with E-state index in [2.05, 4.69) is 28.2 Å². The van der Waals surface area contributed by atoms with E-state index in [-0.39, 0.29) is 5.56 Å².